The summed E-state index contributed by atoms with van der Waals surface area (Å²) in [5.74, 6) is -0.158. The Morgan fingerprint density at radius 3 is 2.30 bits per heavy atom. The summed E-state index contributed by atoms with van der Waals surface area (Å²) in [6.07, 6.45) is 2.59. The number of nitrogens with zero attached hydrogens (tertiary/aromatic N) is 1. The molecule has 0 aromatic heterocycles. The number of hydrogen-bond acceptors (Lipinski definition) is 6. The highest BCUT2D eigenvalue weighted by molar-refractivity contribution is 6.62. The van der Waals surface area contributed by atoms with Crippen LogP contribution in [0.5, 0.6) is 0 Å². The average molecular weight is 305 g/mol. The van der Waals surface area contributed by atoms with E-state index in [0.29, 0.717) is 6.61 Å². The monoisotopic (exact) mass is 305 g/mol. The van der Waals surface area contributed by atoms with Crippen LogP contribution in [-0.2, 0) is 22.8 Å². The fraction of sp³-hybridized carbons (Fsp3) is 0.923. The van der Waals surface area contributed by atoms with Crippen LogP contribution in [0.3, 0.4) is 0 Å². The maximum Gasteiger partial charge on any atom is 0.518 e. The molecule has 0 spiro atoms. The van der Waals surface area contributed by atoms with Gasteiger partial charge in [-0.25, -0.2) is 0 Å². The van der Waals surface area contributed by atoms with Crippen molar-refractivity contribution in [3.8, 4) is 0 Å². The van der Waals surface area contributed by atoms with Crippen molar-refractivity contribution in [2.24, 2.45) is 0 Å². The molecule has 1 saturated heterocycles. The summed E-state index contributed by atoms with van der Waals surface area (Å²) in [7, 11) is 2.02. The van der Waals surface area contributed by atoms with E-state index in [4.69, 9.17) is 18.0 Å². The lowest BCUT2D eigenvalue weighted by Gasteiger charge is -2.39. The zero-order valence-corrected chi connectivity index (χ0v) is 14.2. The number of ether oxygens (including phenoxy) is 1. The summed E-state index contributed by atoms with van der Waals surface area (Å²) >= 11 is 0. The Bertz CT molecular complexity index is 303. The molecule has 20 heavy (non-hydrogen) atoms. The van der Waals surface area contributed by atoms with Gasteiger partial charge in [-0.2, -0.15) is 0 Å². The predicted molar refractivity (Wildman–Crippen MR) is 77.2 cm³/mol. The third-order valence-electron chi connectivity index (χ3n) is 3.90. The number of esters is 1. The summed E-state index contributed by atoms with van der Waals surface area (Å²) in [5, 5.41) is 0. The van der Waals surface area contributed by atoms with E-state index in [1.807, 2.05) is 6.92 Å². The van der Waals surface area contributed by atoms with Gasteiger partial charge in [0.25, 0.3) is 0 Å². The van der Waals surface area contributed by atoms with Crippen LogP contribution in [-0.4, -0.2) is 65.9 Å². The van der Waals surface area contributed by atoms with E-state index in [1.165, 1.54) is 0 Å². The molecule has 118 valence electrons. The van der Waals surface area contributed by atoms with Crippen LogP contribution in [0, 0.1) is 0 Å². The average Bonchev–Trinajstić information content (AvgIpc) is 2.94. The fourth-order valence-electron chi connectivity index (χ4n) is 3.00. The highest BCUT2D eigenvalue weighted by Crippen LogP contribution is 2.29. The van der Waals surface area contributed by atoms with Gasteiger partial charge >= 0.3 is 14.8 Å². The van der Waals surface area contributed by atoms with Crippen LogP contribution < -0.4 is 0 Å². The Kier molecular flexibility index (Phi) is 7.11. The molecule has 1 aliphatic heterocycles. The maximum absolute atomic E-state index is 12.1. The van der Waals surface area contributed by atoms with E-state index < -0.39 is 8.80 Å². The van der Waals surface area contributed by atoms with Crippen molar-refractivity contribution in [1.82, 2.24) is 4.90 Å². The molecule has 0 saturated carbocycles. The molecule has 0 amide bonds. The lowest BCUT2D eigenvalue weighted by molar-refractivity contribution is -0.149. The second kappa shape index (κ2) is 8.09. The fourth-order valence-corrected chi connectivity index (χ4v) is 5.53. The second-order valence-corrected chi connectivity index (χ2v) is 7.89. The molecule has 6 nitrogen and oxygen atoms in total. The summed E-state index contributed by atoms with van der Waals surface area (Å²) in [6.45, 7) is 5.13. The molecule has 2 atom stereocenters. The molecule has 0 bridgehead atoms. The summed E-state index contributed by atoms with van der Waals surface area (Å²) in [4.78, 5) is 14.2. The zero-order valence-electron chi connectivity index (χ0n) is 13.2. The van der Waals surface area contributed by atoms with Gasteiger partial charge in [-0.05, 0) is 32.7 Å². The van der Waals surface area contributed by atoms with E-state index in [9.17, 15) is 4.79 Å². The number of carbonyl (C=O) groups excluding carboxylic acids is 1. The highest BCUT2D eigenvalue weighted by Gasteiger charge is 2.53. The summed E-state index contributed by atoms with van der Waals surface area (Å²) in [5.41, 5.74) is -0.0283. The Balaban J connectivity index is 2.95. The van der Waals surface area contributed by atoms with E-state index in [-0.39, 0.29) is 17.7 Å². The Labute approximate surface area is 122 Å². The second-order valence-electron chi connectivity index (χ2n) is 4.79. The van der Waals surface area contributed by atoms with Gasteiger partial charge in [0.05, 0.1) is 12.3 Å². The molecule has 1 heterocycles. The van der Waals surface area contributed by atoms with Crippen LogP contribution in [0.4, 0.5) is 0 Å². The Morgan fingerprint density at radius 1 is 1.25 bits per heavy atom. The van der Waals surface area contributed by atoms with Gasteiger partial charge in [0.1, 0.15) is 6.04 Å². The number of carbonyl (C=O) groups is 1. The Hall–Kier alpha value is -0.473. The minimum absolute atomic E-state index is 0.0283. The van der Waals surface area contributed by atoms with Gasteiger partial charge in [0.2, 0.25) is 0 Å². The lowest BCUT2D eigenvalue weighted by atomic mass is 10.2. The van der Waals surface area contributed by atoms with Crippen molar-refractivity contribution in [1.29, 1.82) is 0 Å². The van der Waals surface area contributed by atoms with Gasteiger partial charge in [-0.1, -0.05) is 6.92 Å². The first kappa shape index (κ1) is 17.6. The van der Waals surface area contributed by atoms with E-state index in [0.717, 1.165) is 25.8 Å². The van der Waals surface area contributed by atoms with E-state index in [1.54, 1.807) is 21.3 Å². The van der Waals surface area contributed by atoms with Crippen molar-refractivity contribution in [2.45, 2.75) is 44.8 Å². The molecule has 0 aromatic rings. The van der Waals surface area contributed by atoms with Gasteiger partial charge < -0.3 is 18.0 Å². The van der Waals surface area contributed by atoms with Crippen molar-refractivity contribution >= 4 is 14.8 Å². The van der Waals surface area contributed by atoms with Crippen molar-refractivity contribution in [2.75, 3.05) is 34.5 Å². The minimum Gasteiger partial charge on any atom is -0.465 e. The van der Waals surface area contributed by atoms with Gasteiger partial charge in [-0.3, -0.25) is 9.69 Å². The van der Waals surface area contributed by atoms with Crippen molar-refractivity contribution in [3.05, 3.63) is 0 Å². The van der Waals surface area contributed by atoms with Gasteiger partial charge in [0, 0.05) is 21.3 Å². The third-order valence-corrected chi connectivity index (χ3v) is 7.16. The smallest absolute Gasteiger partial charge is 0.465 e. The molecule has 1 rings (SSSR count). The van der Waals surface area contributed by atoms with E-state index >= 15 is 0 Å². The van der Waals surface area contributed by atoms with Gasteiger partial charge in [-0.15, -0.1) is 0 Å². The summed E-state index contributed by atoms with van der Waals surface area (Å²) < 4.78 is 21.9. The van der Waals surface area contributed by atoms with Crippen LogP contribution in [0.15, 0.2) is 0 Å². The molecular formula is C13H27NO5Si. The minimum atomic E-state index is -2.80. The quantitative estimate of drug-likeness (QED) is 0.496. The molecule has 0 aliphatic carbocycles. The molecule has 0 radical (unpaired) electrons. The van der Waals surface area contributed by atoms with Crippen LogP contribution >= 0.6 is 0 Å². The molecule has 1 fully saturated rings. The predicted octanol–water partition coefficient (Wildman–Crippen LogP) is 1.21. The molecule has 1 aliphatic rings. The van der Waals surface area contributed by atoms with Crippen molar-refractivity contribution < 1.29 is 22.8 Å². The van der Waals surface area contributed by atoms with Crippen LogP contribution in [0.25, 0.3) is 0 Å². The number of rotatable bonds is 8. The third kappa shape index (κ3) is 3.40. The van der Waals surface area contributed by atoms with Gasteiger partial charge in [0.15, 0.2) is 0 Å². The molecule has 7 heteroatoms. The lowest BCUT2D eigenvalue weighted by Crippen LogP contribution is -2.63. The van der Waals surface area contributed by atoms with E-state index in [2.05, 4.69) is 11.8 Å². The topological polar surface area (TPSA) is 57.2 Å². The first-order valence-corrected chi connectivity index (χ1v) is 8.98. The Morgan fingerprint density at radius 2 is 1.85 bits per heavy atom. The maximum atomic E-state index is 12.1. The summed E-state index contributed by atoms with van der Waals surface area (Å²) in [6, 6.07) is -0.216. The van der Waals surface area contributed by atoms with Crippen molar-refractivity contribution in [3.63, 3.8) is 0 Å². The molecule has 2 unspecified atom stereocenters. The first-order chi connectivity index (χ1) is 9.60. The standard InChI is InChI=1S/C13H27NO5Si/c1-6-12(20(16-3,17-4)18-5)14-10-8-9-11(14)13(15)19-7-2/h11-12H,6-10H2,1-5H3. The van der Waals surface area contributed by atoms with Crippen LogP contribution in [0.1, 0.15) is 33.1 Å². The molecule has 0 aromatic carbocycles. The van der Waals surface area contributed by atoms with Crippen LogP contribution in [0.2, 0.25) is 0 Å². The SMILES string of the molecule is CCOC(=O)C1CCCN1C(CC)[Si](OC)(OC)OC. The number of hydrogen-bond donors (Lipinski definition) is 0. The first-order valence-electron chi connectivity index (χ1n) is 7.17. The largest absolute Gasteiger partial charge is 0.518 e. The number of likely N-dealkylation sites (tertiary alicyclic amines) is 1. The normalized spacial score (nSPS) is 21.9. The zero-order chi connectivity index (χ0) is 15.2. The highest BCUT2D eigenvalue weighted by atomic mass is 28.4. The molecule has 0 N–H and O–H groups in total. The molecular weight excluding hydrogens is 278 g/mol.